The Morgan fingerprint density at radius 2 is 1.93 bits per heavy atom. The second kappa shape index (κ2) is 6.46. The summed E-state index contributed by atoms with van der Waals surface area (Å²) in [5.74, 6) is 2.08. The van der Waals surface area contributed by atoms with E-state index in [2.05, 4.69) is 9.88 Å². The van der Waals surface area contributed by atoms with Gasteiger partial charge in [0.05, 0.1) is 31.3 Å². The number of para-hydroxylation sites is 2. The maximum absolute atomic E-state index is 12.6. The molecular weight excluding hydrogens is 342 g/mol. The second-order valence-electron chi connectivity index (χ2n) is 6.52. The predicted octanol–water partition coefficient (Wildman–Crippen LogP) is 3.93. The lowest BCUT2D eigenvalue weighted by molar-refractivity contribution is -0.114. The third-order valence-electron chi connectivity index (χ3n) is 4.95. The Labute approximate surface area is 157 Å². The van der Waals surface area contributed by atoms with Gasteiger partial charge in [0.1, 0.15) is 11.5 Å². The molecule has 2 heterocycles. The van der Waals surface area contributed by atoms with Crippen LogP contribution >= 0.6 is 0 Å². The molecule has 1 aromatic heterocycles. The van der Waals surface area contributed by atoms with Crippen LogP contribution in [0.25, 0.3) is 11.0 Å². The van der Waals surface area contributed by atoms with E-state index in [1.54, 1.807) is 21.1 Å². The van der Waals surface area contributed by atoms with Gasteiger partial charge in [-0.1, -0.05) is 12.1 Å². The number of nitrogens with zero attached hydrogens (tertiary/aromatic N) is 2. The lowest BCUT2D eigenvalue weighted by Crippen LogP contribution is -2.27. The molecule has 0 amide bonds. The van der Waals surface area contributed by atoms with Crippen LogP contribution in [0.15, 0.2) is 53.7 Å². The third-order valence-corrected chi connectivity index (χ3v) is 4.95. The van der Waals surface area contributed by atoms with Gasteiger partial charge in [-0.3, -0.25) is 9.36 Å². The zero-order chi connectivity index (χ0) is 19.1. The summed E-state index contributed by atoms with van der Waals surface area (Å²) < 4.78 is 13.0. The van der Waals surface area contributed by atoms with E-state index >= 15 is 0 Å². The van der Waals surface area contributed by atoms with Crippen LogP contribution in [0, 0.1) is 0 Å². The number of methoxy groups -OCH3 is 2. The van der Waals surface area contributed by atoms with Gasteiger partial charge in [0.15, 0.2) is 5.78 Å². The quantitative estimate of drug-likeness (QED) is 0.761. The number of carbonyl (C=O) groups excluding carboxylic acids is 1. The van der Waals surface area contributed by atoms with Gasteiger partial charge < -0.3 is 14.8 Å². The van der Waals surface area contributed by atoms with Crippen LogP contribution in [-0.2, 0) is 4.79 Å². The Morgan fingerprint density at radius 1 is 1.15 bits per heavy atom. The Morgan fingerprint density at radius 3 is 2.63 bits per heavy atom. The van der Waals surface area contributed by atoms with Crippen molar-refractivity contribution >= 4 is 22.8 Å². The summed E-state index contributed by atoms with van der Waals surface area (Å²) in [6, 6.07) is 13.2. The molecule has 4 rings (SSSR count). The standard InChI is InChI=1S/C21H21N3O3/c1-12-19(13(2)25)20(15-10-9-14(26-3)11-18(15)27-4)24-17-8-6-5-7-16(17)23-21(24)22-12/h5-11,20H,1-4H3,(H,22,23). The van der Waals surface area contributed by atoms with E-state index < -0.39 is 0 Å². The Bertz CT molecular complexity index is 1080. The maximum atomic E-state index is 12.6. The minimum atomic E-state index is -0.341. The minimum Gasteiger partial charge on any atom is -0.497 e. The van der Waals surface area contributed by atoms with Crippen molar-refractivity contribution in [2.75, 3.05) is 19.5 Å². The van der Waals surface area contributed by atoms with Gasteiger partial charge in [0.2, 0.25) is 5.95 Å². The van der Waals surface area contributed by atoms with E-state index in [1.807, 2.05) is 49.4 Å². The number of hydrogen-bond donors (Lipinski definition) is 1. The molecule has 1 aliphatic rings. The van der Waals surface area contributed by atoms with Crippen molar-refractivity contribution in [3.05, 3.63) is 59.3 Å². The van der Waals surface area contributed by atoms with E-state index in [0.717, 1.165) is 22.3 Å². The predicted molar refractivity (Wildman–Crippen MR) is 104 cm³/mol. The van der Waals surface area contributed by atoms with Crippen molar-refractivity contribution in [1.29, 1.82) is 0 Å². The monoisotopic (exact) mass is 363 g/mol. The van der Waals surface area contributed by atoms with Gasteiger partial charge in [0.25, 0.3) is 0 Å². The maximum Gasteiger partial charge on any atom is 0.209 e. The largest absolute Gasteiger partial charge is 0.497 e. The Kier molecular flexibility index (Phi) is 4.11. The number of imidazole rings is 1. The molecule has 138 valence electrons. The van der Waals surface area contributed by atoms with Crippen molar-refractivity contribution in [2.45, 2.75) is 19.9 Å². The molecule has 3 aromatic rings. The Hall–Kier alpha value is -3.28. The first kappa shape index (κ1) is 17.1. The lowest BCUT2D eigenvalue weighted by atomic mass is 9.92. The molecule has 1 N–H and O–H groups in total. The number of ether oxygens (including phenoxy) is 2. The highest BCUT2D eigenvalue weighted by Crippen LogP contribution is 2.43. The van der Waals surface area contributed by atoms with Crippen molar-refractivity contribution in [2.24, 2.45) is 0 Å². The number of anilines is 1. The van der Waals surface area contributed by atoms with Crippen LogP contribution in [0.2, 0.25) is 0 Å². The van der Waals surface area contributed by atoms with E-state index in [1.165, 1.54) is 0 Å². The van der Waals surface area contributed by atoms with Gasteiger partial charge in [-0.2, -0.15) is 0 Å². The molecule has 0 radical (unpaired) electrons. The van der Waals surface area contributed by atoms with Crippen molar-refractivity contribution in [3.63, 3.8) is 0 Å². The summed E-state index contributed by atoms with van der Waals surface area (Å²) in [7, 11) is 3.24. The van der Waals surface area contributed by atoms with Gasteiger partial charge in [0, 0.05) is 22.9 Å². The smallest absolute Gasteiger partial charge is 0.209 e. The van der Waals surface area contributed by atoms with Crippen molar-refractivity contribution < 1.29 is 14.3 Å². The van der Waals surface area contributed by atoms with Crippen LogP contribution in [0.3, 0.4) is 0 Å². The summed E-state index contributed by atoms with van der Waals surface area (Å²) in [5, 5.41) is 3.29. The van der Waals surface area contributed by atoms with Gasteiger partial charge >= 0.3 is 0 Å². The van der Waals surface area contributed by atoms with Gasteiger partial charge in [-0.25, -0.2) is 4.98 Å². The summed E-state index contributed by atoms with van der Waals surface area (Å²) in [5.41, 5.74) is 4.19. The number of hydrogen-bond acceptors (Lipinski definition) is 5. The average molecular weight is 363 g/mol. The first-order chi connectivity index (χ1) is 13.0. The van der Waals surface area contributed by atoms with Gasteiger partial charge in [-0.15, -0.1) is 0 Å². The molecule has 2 aromatic carbocycles. The molecule has 0 saturated carbocycles. The molecule has 0 bridgehead atoms. The number of Topliss-reactive ketones (excluding diaryl/α,β-unsaturated/α-hetero) is 1. The fraction of sp³-hybridized carbons (Fsp3) is 0.238. The average Bonchev–Trinajstić information content (AvgIpc) is 3.03. The Balaban J connectivity index is 2.04. The highest BCUT2D eigenvalue weighted by Gasteiger charge is 2.34. The summed E-state index contributed by atoms with van der Waals surface area (Å²) in [6.45, 7) is 3.50. The molecular formula is C21H21N3O3. The molecule has 0 spiro atoms. The first-order valence-corrected chi connectivity index (χ1v) is 8.72. The number of allylic oxidation sites excluding steroid dienone is 2. The minimum absolute atomic E-state index is 0.00584. The summed E-state index contributed by atoms with van der Waals surface area (Å²) in [6.07, 6.45) is 0. The van der Waals surface area contributed by atoms with Gasteiger partial charge in [-0.05, 0) is 38.1 Å². The van der Waals surface area contributed by atoms with Crippen LogP contribution in [0.4, 0.5) is 5.95 Å². The fourth-order valence-corrected chi connectivity index (χ4v) is 3.76. The summed E-state index contributed by atoms with van der Waals surface area (Å²) in [4.78, 5) is 17.3. The van der Waals surface area contributed by atoms with Crippen LogP contribution in [0.5, 0.6) is 11.5 Å². The molecule has 1 atom stereocenters. The molecule has 0 aliphatic carbocycles. The van der Waals surface area contributed by atoms with Crippen molar-refractivity contribution in [1.82, 2.24) is 9.55 Å². The first-order valence-electron chi connectivity index (χ1n) is 8.72. The number of rotatable bonds is 4. The zero-order valence-electron chi connectivity index (χ0n) is 15.7. The molecule has 6 heteroatoms. The van der Waals surface area contributed by atoms with Crippen molar-refractivity contribution in [3.8, 4) is 11.5 Å². The summed E-state index contributed by atoms with van der Waals surface area (Å²) >= 11 is 0. The van der Waals surface area contributed by atoms with E-state index in [0.29, 0.717) is 23.0 Å². The number of ketones is 1. The highest BCUT2D eigenvalue weighted by atomic mass is 16.5. The number of benzene rings is 2. The van der Waals surface area contributed by atoms with Crippen LogP contribution in [0.1, 0.15) is 25.5 Å². The number of carbonyl (C=O) groups is 1. The van der Waals surface area contributed by atoms with Crippen LogP contribution < -0.4 is 14.8 Å². The highest BCUT2D eigenvalue weighted by molar-refractivity contribution is 5.97. The molecule has 1 aliphatic heterocycles. The molecule has 6 nitrogen and oxygen atoms in total. The molecule has 1 unspecified atom stereocenters. The van der Waals surface area contributed by atoms with E-state index in [-0.39, 0.29) is 11.8 Å². The lowest BCUT2D eigenvalue weighted by Gasteiger charge is -2.31. The number of aromatic nitrogens is 2. The van der Waals surface area contributed by atoms with E-state index in [9.17, 15) is 4.79 Å². The fourth-order valence-electron chi connectivity index (χ4n) is 3.76. The van der Waals surface area contributed by atoms with Crippen LogP contribution in [-0.4, -0.2) is 29.6 Å². The topological polar surface area (TPSA) is 65.4 Å². The SMILES string of the molecule is COc1ccc(C2C(C(C)=O)=C(C)Nc3nc4ccccc4n32)c(OC)c1. The molecule has 27 heavy (non-hydrogen) atoms. The second-order valence-corrected chi connectivity index (χ2v) is 6.52. The molecule has 0 fully saturated rings. The molecule has 0 saturated heterocycles. The van der Waals surface area contributed by atoms with E-state index in [4.69, 9.17) is 14.5 Å². The zero-order valence-corrected chi connectivity index (χ0v) is 15.7. The number of fused-ring (bicyclic) bond motifs is 3. The number of nitrogens with one attached hydrogen (secondary N) is 1. The third kappa shape index (κ3) is 2.65. The normalized spacial score (nSPS) is 16.1.